The number of nitroso groups, excluding NO2 is 1. The largest absolute Gasteiger partial charge is 0.508 e. The standard InChI is InChI=1S/C8H7NO3/c1-5(10)7-3-2-6(11)4-8(7)9-12/h2-4,11H,1H3. The van der Waals surface area contributed by atoms with Gasteiger partial charge >= 0.3 is 0 Å². The van der Waals surface area contributed by atoms with Crippen LogP contribution in [0.25, 0.3) is 0 Å². The smallest absolute Gasteiger partial charge is 0.162 e. The maximum absolute atomic E-state index is 10.9. The Labute approximate surface area is 68.8 Å². The lowest BCUT2D eigenvalue weighted by Crippen LogP contribution is -1.91. The molecule has 12 heavy (non-hydrogen) atoms. The molecular formula is C8H7NO3. The van der Waals surface area contributed by atoms with E-state index in [0.29, 0.717) is 0 Å². The van der Waals surface area contributed by atoms with E-state index in [1.807, 2.05) is 0 Å². The monoisotopic (exact) mass is 165 g/mol. The van der Waals surface area contributed by atoms with E-state index in [4.69, 9.17) is 5.11 Å². The third-order valence-corrected chi connectivity index (χ3v) is 1.46. The minimum absolute atomic E-state index is 0.0255. The Bertz CT molecular complexity index is 333. The van der Waals surface area contributed by atoms with Crippen LogP contribution in [0.3, 0.4) is 0 Å². The van der Waals surface area contributed by atoms with Crippen LogP contribution in [0.15, 0.2) is 23.4 Å². The highest BCUT2D eigenvalue weighted by atomic mass is 16.3. The molecule has 0 spiro atoms. The van der Waals surface area contributed by atoms with Crippen LogP contribution in [0, 0.1) is 4.91 Å². The molecule has 0 saturated heterocycles. The molecular weight excluding hydrogens is 158 g/mol. The summed E-state index contributed by atoms with van der Waals surface area (Å²) in [6, 6.07) is 3.86. The minimum atomic E-state index is -0.246. The van der Waals surface area contributed by atoms with Gasteiger partial charge in [0.25, 0.3) is 0 Å². The van der Waals surface area contributed by atoms with Gasteiger partial charge in [0.05, 0.1) is 0 Å². The second kappa shape index (κ2) is 3.13. The van der Waals surface area contributed by atoms with E-state index in [9.17, 15) is 9.70 Å². The molecule has 0 aliphatic heterocycles. The van der Waals surface area contributed by atoms with Crippen molar-refractivity contribution < 1.29 is 9.90 Å². The van der Waals surface area contributed by atoms with Crippen LogP contribution in [0.1, 0.15) is 17.3 Å². The molecule has 0 amide bonds. The van der Waals surface area contributed by atoms with E-state index >= 15 is 0 Å². The van der Waals surface area contributed by atoms with Gasteiger partial charge in [0.1, 0.15) is 11.4 Å². The Hall–Kier alpha value is -1.71. The third-order valence-electron chi connectivity index (χ3n) is 1.46. The Morgan fingerprint density at radius 1 is 1.50 bits per heavy atom. The molecule has 0 radical (unpaired) electrons. The molecule has 0 aliphatic carbocycles. The molecule has 0 aromatic heterocycles. The van der Waals surface area contributed by atoms with Crippen LogP contribution in [-0.2, 0) is 0 Å². The molecule has 1 aromatic rings. The van der Waals surface area contributed by atoms with Crippen molar-refractivity contribution in [1.29, 1.82) is 0 Å². The molecule has 0 unspecified atom stereocenters. The molecule has 1 aromatic carbocycles. The van der Waals surface area contributed by atoms with Gasteiger partial charge in [-0.3, -0.25) is 4.79 Å². The number of hydrogen-bond acceptors (Lipinski definition) is 4. The molecule has 0 heterocycles. The third kappa shape index (κ3) is 1.47. The fourth-order valence-corrected chi connectivity index (χ4v) is 0.893. The predicted octanol–water partition coefficient (Wildman–Crippen LogP) is 1.99. The van der Waals surface area contributed by atoms with Crippen molar-refractivity contribution in [1.82, 2.24) is 0 Å². The zero-order valence-electron chi connectivity index (χ0n) is 6.44. The highest BCUT2D eigenvalue weighted by molar-refractivity contribution is 5.99. The molecule has 0 atom stereocenters. The average molecular weight is 165 g/mol. The molecule has 0 saturated carbocycles. The molecule has 4 heteroatoms. The normalized spacial score (nSPS) is 9.42. The minimum Gasteiger partial charge on any atom is -0.508 e. The maximum atomic E-state index is 10.9. The maximum Gasteiger partial charge on any atom is 0.162 e. The number of benzene rings is 1. The van der Waals surface area contributed by atoms with Gasteiger partial charge in [-0.1, -0.05) is 0 Å². The Morgan fingerprint density at radius 3 is 2.67 bits per heavy atom. The van der Waals surface area contributed by atoms with Crippen molar-refractivity contribution in [2.75, 3.05) is 0 Å². The van der Waals surface area contributed by atoms with Crippen molar-refractivity contribution in [3.05, 3.63) is 28.7 Å². The van der Waals surface area contributed by atoms with E-state index < -0.39 is 0 Å². The summed E-state index contributed by atoms with van der Waals surface area (Å²) in [5, 5.41) is 11.6. The van der Waals surface area contributed by atoms with Crippen LogP contribution < -0.4 is 0 Å². The molecule has 0 fully saturated rings. The fraction of sp³-hybridized carbons (Fsp3) is 0.125. The fourth-order valence-electron chi connectivity index (χ4n) is 0.893. The van der Waals surface area contributed by atoms with Gasteiger partial charge < -0.3 is 5.11 Å². The molecule has 4 nitrogen and oxygen atoms in total. The average Bonchev–Trinajstić information content (AvgIpc) is 2.03. The van der Waals surface area contributed by atoms with Crippen molar-refractivity contribution in [3.8, 4) is 5.75 Å². The zero-order valence-corrected chi connectivity index (χ0v) is 6.44. The molecule has 0 bridgehead atoms. The van der Waals surface area contributed by atoms with Gasteiger partial charge in [-0.25, -0.2) is 0 Å². The van der Waals surface area contributed by atoms with E-state index in [2.05, 4.69) is 5.18 Å². The van der Waals surface area contributed by atoms with Gasteiger partial charge in [-0.2, -0.15) is 0 Å². The summed E-state index contributed by atoms with van der Waals surface area (Å²) in [7, 11) is 0. The quantitative estimate of drug-likeness (QED) is 0.538. The first-order chi connectivity index (χ1) is 5.65. The van der Waals surface area contributed by atoms with Gasteiger partial charge in [0, 0.05) is 11.6 Å². The number of hydrogen-bond donors (Lipinski definition) is 1. The lowest BCUT2D eigenvalue weighted by atomic mass is 10.1. The summed E-state index contributed by atoms with van der Waals surface area (Å²) >= 11 is 0. The highest BCUT2D eigenvalue weighted by Crippen LogP contribution is 2.24. The number of carbonyl (C=O) groups excluding carboxylic acids is 1. The van der Waals surface area contributed by atoms with Crippen molar-refractivity contribution in [2.24, 2.45) is 5.18 Å². The predicted molar refractivity (Wildman–Crippen MR) is 43.6 cm³/mol. The molecule has 62 valence electrons. The number of nitrogens with zero attached hydrogens (tertiary/aromatic N) is 1. The van der Waals surface area contributed by atoms with E-state index in [-0.39, 0.29) is 22.8 Å². The first kappa shape index (κ1) is 8.39. The summed E-state index contributed by atoms with van der Waals surface area (Å²) in [5.74, 6) is -0.320. The van der Waals surface area contributed by atoms with Crippen LogP contribution in [0.5, 0.6) is 5.75 Å². The number of phenolic OH excluding ortho intramolecular Hbond substituents is 1. The van der Waals surface area contributed by atoms with Crippen molar-refractivity contribution >= 4 is 11.5 Å². The van der Waals surface area contributed by atoms with Crippen LogP contribution in [0.4, 0.5) is 5.69 Å². The summed E-state index contributed by atoms with van der Waals surface area (Å²) in [4.78, 5) is 21.0. The molecule has 1 rings (SSSR count). The number of Topliss-reactive ketones (excluding diaryl/α,β-unsaturated/α-hetero) is 1. The van der Waals surface area contributed by atoms with Gasteiger partial charge in [0.15, 0.2) is 5.78 Å². The first-order valence-corrected chi connectivity index (χ1v) is 3.32. The SMILES string of the molecule is CC(=O)c1ccc(O)cc1N=O. The second-order valence-corrected chi connectivity index (χ2v) is 2.35. The number of aromatic hydroxyl groups is 1. The van der Waals surface area contributed by atoms with Crippen LogP contribution in [0.2, 0.25) is 0 Å². The van der Waals surface area contributed by atoms with Crippen LogP contribution in [-0.4, -0.2) is 10.9 Å². The summed E-state index contributed by atoms with van der Waals surface area (Å²) < 4.78 is 0. The van der Waals surface area contributed by atoms with Gasteiger partial charge in [-0.05, 0) is 24.2 Å². The highest BCUT2D eigenvalue weighted by Gasteiger charge is 2.07. The number of ketones is 1. The van der Waals surface area contributed by atoms with Crippen molar-refractivity contribution in [3.63, 3.8) is 0 Å². The number of phenols is 1. The second-order valence-electron chi connectivity index (χ2n) is 2.35. The Morgan fingerprint density at radius 2 is 2.17 bits per heavy atom. The van der Waals surface area contributed by atoms with Gasteiger partial charge in [-0.15, -0.1) is 4.91 Å². The molecule has 0 aliphatic rings. The van der Waals surface area contributed by atoms with Crippen LogP contribution >= 0.6 is 0 Å². The van der Waals surface area contributed by atoms with E-state index in [1.165, 1.54) is 19.1 Å². The number of carbonyl (C=O) groups is 1. The lowest BCUT2D eigenvalue weighted by molar-refractivity contribution is 0.101. The number of rotatable bonds is 2. The van der Waals surface area contributed by atoms with Gasteiger partial charge in [0.2, 0.25) is 0 Å². The Balaban J connectivity index is 3.29. The topological polar surface area (TPSA) is 66.7 Å². The summed E-state index contributed by atoms with van der Waals surface area (Å²) in [5.41, 5.74) is 0.199. The Kier molecular flexibility index (Phi) is 2.19. The van der Waals surface area contributed by atoms with E-state index in [0.717, 1.165) is 6.07 Å². The summed E-state index contributed by atoms with van der Waals surface area (Å²) in [6.07, 6.45) is 0. The van der Waals surface area contributed by atoms with Crippen molar-refractivity contribution in [2.45, 2.75) is 6.92 Å². The zero-order chi connectivity index (χ0) is 9.14. The molecule has 1 N–H and O–H groups in total. The van der Waals surface area contributed by atoms with E-state index in [1.54, 1.807) is 0 Å². The first-order valence-electron chi connectivity index (χ1n) is 3.32. The summed E-state index contributed by atoms with van der Waals surface area (Å²) in [6.45, 7) is 1.33. The lowest BCUT2D eigenvalue weighted by Gasteiger charge is -1.98.